The lowest BCUT2D eigenvalue weighted by Gasteiger charge is -2.22. The second-order valence-electron chi connectivity index (χ2n) is 3.32. The first-order valence-electron chi connectivity index (χ1n) is 5.26. The van der Waals surface area contributed by atoms with Gasteiger partial charge in [-0.25, -0.2) is 0 Å². The average molecular weight is 301 g/mol. The Kier molecular flexibility index (Phi) is 5.79. The van der Waals surface area contributed by atoms with Crippen molar-refractivity contribution < 1.29 is 18.3 Å². The van der Waals surface area contributed by atoms with E-state index in [1.807, 2.05) is 13.8 Å². The van der Waals surface area contributed by atoms with Gasteiger partial charge in [0.05, 0.1) is 19.3 Å². The molecule has 2 atom stereocenters. The molecule has 1 fully saturated rings. The van der Waals surface area contributed by atoms with Gasteiger partial charge in [0.25, 0.3) is 0 Å². The van der Waals surface area contributed by atoms with Crippen LogP contribution in [0.15, 0.2) is 0 Å². The van der Waals surface area contributed by atoms with Gasteiger partial charge in [-0.15, -0.1) is 0 Å². The zero-order valence-corrected chi connectivity index (χ0v) is 11.6. The van der Waals surface area contributed by atoms with Crippen LogP contribution in [0, 0.1) is 0 Å². The van der Waals surface area contributed by atoms with Gasteiger partial charge in [-0.1, -0.05) is 15.9 Å². The summed E-state index contributed by atoms with van der Waals surface area (Å²) >= 11 is 3.35. The van der Waals surface area contributed by atoms with Gasteiger partial charge in [-0.2, -0.15) is 0 Å². The first kappa shape index (κ1) is 13.7. The lowest BCUT2D eigenvalue weighted by molar-refractivity contribution is 0.0731. The number of halogens is 1. The number of rotatable bonds is 6. The van der Waals surface area contributed by atoms with Crippen LogP contribution in [0.25, 0.3) is 0 Å². The fourth-order valence-electron chi connectivity index (χ4n) is 1.60. The molecule has 0 spiro atoms. The van der Waals surface area contributed by atoms with Crippen LogP contribution < -0.4 is 0 Å². The molecule has 0 unspecified atom stereocenters. The van der Waals surface area contributed by atoms with Crippen molar-refractivity contribution in [2.75, 3.05) is 18.5 Å². The zero-order valence-electron chi connectivity index (χ0n) is 9.15. The molecule has 0 amide bonds. The minimum Gasteiger partial charge on any atom is -0.361 e. The standard InChI is InChI=1S/C9H18BrO4P/c1-3-12-15(11,13-4-2)9-6-5-8(7-10)14-9/h8-9H,3-7H2,1-2H3/t8-,9-/m0/s1. The van der Waals surface area contributed by atoms with Crippen LogP contribution in [0.2, 0.25) is 0 Å². The molecule has 0 N–H and O–H groups in total. The van der Waals surface area contributed by atoms with Crippen LogP contribution in [0.3, 0.4) is 0 Å². The Balaban J connectivity index is 2.61. The van der Waals surface area contributed by atoms with E-state index in [9.17, 15) is 4.57 Å². The third-order valence-electron chi connectivity index (χ3n) is 2.23. The Morgan fingerprint density at radius 1 is 1.33 bits per heavy atom. The van der Waals surface area contributed by atoms with Gasteiger partial charge in [0.1, 0.15) is 0 Å². The lowest BCUT2D eigenvalue weighted by atomic mass is 10.3. The van der Waals surface area contributed by atoms with Gasteiger partial charge < -0.3 is 13.8 Å². The monoisotopic (exact) mass is 300 g/mol. The predicted molar refractivity (Wildman–Crippen MR) is 62.5 cm³/mol. The number of hydrogen-bond donors (Lipinski definition) is 0. The molecule has 0 bridgehead atoms. The Morgan fingerprint density at radius 2 is 1.93 bits per heavy atom. The number of alkyl halides is 1. The molecule has 0 aromatic heterocycles. The van der Waals surface area contributed by atoms with Crippen LogP contribution >= 0.6 is 23.5 Å². The topological polar surface area (TPSA) is 44.8 Å². The average Bonchev–Trinajstić information content (AvgIpc) is 2.67. The van der Waals surface area contributed by atoms with Gasteiger partial charge >= 0.3 is 7.60 Å². The summed E-state index contributed by atoms with van der Waals surface area (Å²) in [5.41, 5.74) is 0. The largest absolute Gasteiger partial charge is 0.361 e. The van der Waals surface area contributed by atoms with E-state index in [2.05, 4.69) is 15.9 Å². The number of ether oxygens (including phenoxy) is 1. The van der Waals surface area contributed by atoms with E-state index < -0.39 is 7.60 Å². The summed E-state index contributed by atoms with van der Waals surface area (Å²) < 4.78 is 28.4. The summed E-state index contributed by atoms with van der Waals surface area (Å²) in [6.45, 7) is 4.39. The SMILES string of the molecule is CCOP(=O)(OCC)[C@H]1CC[C@@H](CBr)O1. The summed E-state index contributed by atoms with van der Waals surface area (Å²) in [6, 6.07) is 0. The summed E-state index contributed by atoms with van der Waals surface area (Å²) in [6.07, 6.45) is 1.78. The van der Waals surface area contributed by atoms with E-state index in [1.165, 1.54) is 0 Å². The molecule has 4 nitrogen and oxygen atoms in total. The highest BCUT2D eigenvalue weighted by molar-refractivity contribution is 9.09. The lowest BCUT2D eigenvalue weighted by Crippen LogP contribution is -2.15. The molecule has 1 aliphatic heterocycles. The summed E-state index contributed by atoms with van der Waals surface area (Å²) in [4.78, 5) is 0. The molecule has 15 heavy (non-hydrogen) atoms. The first-order chi connectivity index (χ1) is 7.16. The van der Waals surface area contributed by atoms with Gasteiger partial charge in [0, 0.05) is 5.33 Å². The van der Waals surface area contributed by atoms with Crippen LogP contribution in [-0.4, -0.2) is 30.5 Å². The van der Waals surface area contributed by atoms with Crippen LogP contribution in [0.5, 0.6) is 0 Å². The minimum absolute atomic E-state index is 0.129. The molecule has 90 valence electrons. The molecule has 6 heteroatoms. The maximum absolute atomic E-state index is 12.3. The Labute approximate surface area is 99.3 Å². The minimum atomic E-state index is -3.06. The highest BCUT2D eigenvalue weighted by Gasteiger charge is 2.41. The van der Waals surface area contributed by atoms with Crippen molar-refractivity contribution in [2.24, 2.45) is 0 Å². The maximum Gasteiger partial charge on any atom is 0.359 e. The molecule has 0 saturated carbocycles. The molecule has 0 aliphatic carbocycles. The third-order valence-corrected chi connectivity index (χ3v) is 5.27. The summed E-state index contributed by atoms with van der Waals surface area (Å²) in [5, 5.41) is 0.766. The van der Waals surface area contributed by atoms with Crippen molar-refractivity contribution in [3.05, 3.63) is 0 Å². The first-order valence-corrected chi connectivity index (χ1v) is 7.99. The van der Waals surface area contributed by atoms with E-state index in [4.69, 9.17) is 13.8 Å². The molecular weight excluding hydrogens is 283 g/mol. The van der Waals surface area contributed by atoms with Crippen molar-refractivity contribution >= 4 is 23.5 Å². The van der Waals surface area contributed by atoms with Crippen LogP contribution in [0.4, 0.5) is 0 Å². The van der Waals surface area contributed by atoms with Crippen molar-refractivity contribution in [1.29, 1.82) is 0 Å². The normalized spacial score (nSPS) is 27.1. The quantitative estimate of drug-likeness (QED) is 0.558. The van der Waals surface area contributed by atoms with Crippen LogP contribution in [-0.2, 0) is 18.3 Å². The maximum atomic E-state index is 12.3. The smallest absolute Gasteiger partial charge is 0.359 e. The Morgan fingerprint density at radius 3 is 2.33 bits per heavy atom. The van der Waals surface area contributed by atoms with E-state index in [1.54, 1.807) is 0 Å². The fraction of sp³-hybridized carbons (Fsp3) is 1.00. The predicted octanol–water partition coefficient (Wildman–Crippen LogP) is 3.15. The molecule has 0 aromatic carbocycles. The molecule has 1 heterocycles. The molecule has 0 radical (unpaired) electrons. The molecule has 0 aromatic rings. The van der Waals surface area contributed by atoms with Crippen molar-refractivity contribution in [2.45, 2.75) is 38.6 Å². The fourth-order valence-corrected chi connectivity index (χ4v) is 3.99. The van der Waals surface area contributed by atoms with E-state index in [0.717, 1.165) is 18.2 Å². The van der Waals surface area contributed by atoms with Crippen molar-refractivity contribution in [1.82, 2.24) is 0 Å². The zero-order chi connectivity index (χ0) is 11.3. The summed E-state index contributed by atoms with van der Waals surface area (Å²) in [5.74, 6) is -0.389. The second-order valence-corrected chi connectivity index (χ2v) is 6.14. The molecule has 1 aliphatic rings. The number of hydrogen-bond acceptors (Lipinski definition) is 4. The summed E-state index contributed by atoms with van der Waals surface area (Å²) in [7, 11) is -3.06. The van der Waals surface area contributed by atoms with Gasteiger partial charge in [-0.05, 0) is 26.7 Å². The second kappa shape index (κ2) is 6.36. The Hall–Kier alpha value is 0.590. The Bertz CT molecular complexity index is 226. The molecule has 1 rings (SSSR count). The van der Waals surface area contributed by atoms with Crippen molar-refractivity contribution in [3.63, 3.8) is 0 Å². The highest BCUT2D eigenvalue weighted by atomic mass is 79.9. The highest BCUT2D eigenvalue weighted by Crippen LogP contribution is 2.57. The van der Waals surface area contributed by atoms with E-state index >= 15 is 0 Å². The van der Waals surface area contributed by atoms with Crippen molar-refractivity contribution in [3.8, 4) is 0 Å². The van der Waals surface area contributed by atoms with Crippen LogP contribution in [0.1, 0.15) is 26.7 Å². The third kappa shape index (κ3) is 3.53. The molecular formula is C9H18BrO4P. The molecule has 1 saturated heterocycles. The van der Waals surface area contributed by atoms with E-state index in [0.29, 0.717) is 13.2 Å². The van der Waals surface area contributed by atoms with E-state index in [-0.39, 0.29) is 11.9 Å². The van der Waals surface area contributed by atoms with Gasteiger partial charge in [0.2, 0.25) is 0 Å². The van der Waals surface area contributed by atoms with Gasteiger partial charge in [0.15, 0.2) is 5.85 Å². The van der Waals surface area contributed by atoms with Gasteiger partial charge in [-0.3, -0.25) is 4.57 Å².